The van der Waals surface area contributed by atoms with Crippen LogP contribution in [-0.2, 0) is 6.61 Å². The van der Waals surface area contributed by atoms with Crippen molar-refractivity contribution in [2.24, 2.45) is 0 Å². The Morgan fingerprint density at radius 2 is 1.53 bits per heavy atom. The second-order valence-corrected chi connectivity index (χ2v) is 7.46. The molecule has 0 aliphatic heterocycles. The summed E-state index contributed by atoms with van der Waals surface area (Å²) in [6, 6.07) is 28.5. The molecule has 0 heterocycles. The van der Waals surface area contributed by atoms with E-state index in [1.54, 1.807) is 13.2 Å². The first-order valence-electron chi connectivity index (χ1n) is 10.1. The summed E-state index contributed by atoms with van der Waals surface area (Å²) < 4.78 is 11.0. The predicted octanol–water partition coefficient (Wildman–Crippen LogP) is 5.55. The fraction of sp³-hybridized carbons (Fsp3) is 0.0769. The van der Waals surface area contributed by atoms with Crippen molar-refractivity contribution < 1.29 is 14.3 Å². The molecule has 4 aromatic carbocycles. The molecule has 5 nitrogen and oxygen atoms in total. The van der Waals surface area contributed by atoms with Crippen LogP contribution < -0.4 is 20.1 Å². The summed E-state index contributed by atoms with van der Waals surface area (Å²) in [6.07, 6.45) is 0. The van der Waals surface area contributed by atoms with Gasteiger partial charge in [0.2, 0.25) is 0 Å². The first-order chi connectivity index (χ1) is 15.6. The molecule has 4 aromatic rings. The van der Waals surface area contributed by atoms with E-state index >= 15 is 0 Å². The lowest BCUT2D eigenvalue weighted by atomic mass is 10.1. The fourth-order valence-corrected chi connectivity index (χ4v) is 3.56. The van der Waals surface area contributed by atoms with Crippen LogP contribution in [0.15, 0.2) is 91.0 Å². The molecule has 0 aliphatic rings. The molecule has 0 atom stereocenters. The molecule has 32 heavy (non-hydrogen) atoms. The van der Waals surface area contributed by atoms with Gasteiger partial charge in [-0.3, -0.25) is 10.1 Å². The first kappa shape index (κ1) is 21.3. The van der Waals surface area contributed by atoms with Crippen LogP contribution in [0.5, 0.6) is 11.5 Å². The average molecular weight is 443 g/mol. The maximum atomic E-state index is 12.9. The van der Waals surface area contributed by atoms with Crippen molar-refractivity contribution in [1.29, 1.82) is 0 Å². The number of benzene rings is 4. The molecule has 2 N–H and O–H groups in total. The number of hydrogen-bond acceptors (Lipinski definition) is 4. The monoisotopic (exact) mass is 442 g/mol. The van der Waals surface area contributed by atoms with Crippen molar-refractivity contribution in [2.75, 3.05) is 12.4 Å². The molecule has 0 fully saturated rings. The average Bonchev–Trinajstić information content (AvgIpc) is 2.83. The van der Waals surface area contributed by atoms with Gasteiger partial charge >= 0.3 is 0 Å². The summed E-state index contributed by atoms with van der Waals surface area (Å²) in [7, 11) is 1.62. The van der Waals surface area contributed by atoms with Crippen LogP contribution in [0.4, 0.5) is 5.69 Å². The molecule has 160 valence electrons. The standard InChI is InChI=1S/C26H22N2O3S/c1-30-20-13-15-21(16-14-20)31-17-19-8-3-5-11-23(19)25(29)28-26(32)27-24-12-6-9-18-7-2-4-10-22(18)24/h2-16H,17H2,1H3,(H2,27,28,29,32). The molecule has 4 rings (SSSR count). The van der Waals surface area contributed by atoms with Crippen LogP contribution in [0, 0.1) is 0 Å². The van der Waals surface area contributed by atoms with E-state index in [1.165, 1.54) is 0 Å². The van der Waals surface area contributed by atoms with Gasteiger partial charge in [-0.1, -0.05) is 54.6 Å². The van der Waals surface area contributed by atoms with Crippen LogP contribution in [0.1, 0.15) is 15.9 Å². The SMILES string of the molecule is COc1ccc(OCc2ccccc2C(=O)NC(=S)Nc2cccc3ccccc23)cc1. The van der Waals surface area contributed by atoms with Gasteiger partial charge in [-0.05, 0) is 54.0 Å². The molecular formula is C26H22N2O3S. The zero-order valence-electron chi connectivity index (χ0n) is 17.5. The van der Waals surface area contributed by atoms with Crippen molar-refractivity contribution in [3.63, 3.8) is 0 Å². The Hall–Kier alpha value is -3.90. The van der Waals surface area contributed by atoms with Gasteiger partial charge in [-0.25, -0.2) is 0 Å². The largest absolute Gasteiger partial charge is 0.497 e. The highest BCUT2D eigenvalue weighted by Crippen LogP contribution is 2.23. The van der Waals surface area contributed by atoms with E-state index in [0.29, 0.717) is 11.3 Å². The Morgan fingerprint density at radius 1 is 0.844 bits per heavy atom. The minimum absolute atomic E-state index is 0.234. The van der Waals surface area contributed by atoms with Crippen LogP contribution in [0.3, 0.4) is 0 Å². The van der Waals surface area contributed by atoms with Gasteiger partial charge in [-0.15, -0.1) is 0 Å². The van der Waals surface area contributed by atoms with Gasteiger partial charge in [0.15, 0.2) is 5.11 Å². The third-order valence-electron chi connectivity index (χ3n) is 4.98. The highest BCUT2D eigenvalue weighted by atomic mass is 32.1. The molecule has 0 saturated heterocycles. The molecule has 0 aromatic heterocycles. The Labute approximate surface area is 192 Å². The van der Waals surface area contributed by atoms with E-state index in [0.717, 1.165) is 27.8 Å². The van der Waals surface area contributed by atoms with E-state index in [-0.39, 0.29) is 17.6 Å². The second kappa shape index (κ2) is 9.94. The number of ether oxygens (including phenoxy) is 2. The highest BCUT2D eigenvalue weighted by molar-refractivity contribution is 7.80. The normalized spacial score (nSPS) is 10.4. The number of rotatable bonds is 6. The Balaban J connectivity index is 1.43. The Bertz CT molecular complexity index is 1250. The number of carbonyl (C=O) groups is 1. The number of anilines is 1. The summed E-state index contributed by atoms with van der Waals surface area (Å²) in [5.41, 5.74) is 2.10. The molecule has 0 bridgehead atoms. The van der Waals surface area contributed by atoms with Crippen LogP contribution >= 0.6 is 12.2 Å². The van der Waals surface area contributed by atoms with Crippen molar-refractivity contribution >= 4 is 39.7 Å². The summed E-state index contributed by atoms with van der Waals surface area (Å²) in [5.74, 6) is 1.15. The Kier molecular flexibility index (Phi) is 6.63. The molecule has 6 heteroatoms. The van der Waals surface area contributed by atoms with E-state index < -0.39 is 0 Å². The van der Waals surface area contributed by atoms with Crippen molar-refractivity contribution in [3.05, 3.63) is 102 Å². The van der Waals surface area contributed by atoms with Crippen LogP contribution in [-0.4, -0.2) is 18.1 Å². The molecule has 0 saturated carbocycles. The number of thiocarbonyl (C=S) groups is 1. The number of fused-ring (bicyclic) bond motifs is 1. The molecule has 1 amide bonds. The lowest BCUT2D eigenvalue weighted by Gasteiger charge is -2.14. The minimum atomic E-state index is -0.295. The van der Waals surface area contributed by atoms with Gasteiger partial charge in [0.25, 0.3) is 5.91 Å². The van der Waals surface area contributed by atoms with Gasteiger partial charge in [0, 0.05) is 22.2 Å². The van der Waals surface area contributed by atoms with Gasteiger partial charge in [0.05, 0.1) is 7.11 Å². The van der Waals surface area contributed by atoms with Gasteiger partial charge in [0.1, 0.15) is 18.1 Å². The van der Waals surface area contributed by atoms with Crippen LogP contribution in [0.2, 0.25) is 0 Å². The molecular weight excluding hydrogens is 420 g/mol. The second-order valence-electron chi connectivity index (χ2n) is 7.06. The number of amides is 1. The number of hydrogen-bond donors (Lipinski definition) is 2. The third-order valence-corrected chi connectivity index (χ3v) is 5.18. The first-order valence-corrected chi connectivity index (χ1v) is 10.5. The van der Waals surface area contributed by atoms with Gasteiger partial charge in [-0.2, -0.15) is 0 Å². The van der Waals surface area contributed by atoms with Crippen LogP contribution in [0.25, 0.3) is 10.8 Å². The third kappa shape index (κ3) is 5.04. The number of nitrogens with one attached hydrogen (secondary N) is 2. The molecule has 0 unspecified atom stereocenters. The minimum Gasteiger partial charge on any atom is -0.497 e. The van der Waals surface area contributed by atoms with E-state index in [2.05, 4.69) is 10.6 Å². The van der Waals surface area contributed by atoms with Gasteiger partial charge < -0.3 is 14.8 Å². The zero-order valence-corrected chi connectivity index (χ0v) is 18.3. The summed E-state index contributed by atoms with van der Waals surface area (Å²) in [4.78, 5) is 12.9. The topological polar surface area (TPSA) is 59.6 Å². The van der Waals surface area contributed by atoms with E-state index in [4.69, 9.17) is 21.7 Å². The number of carbonyl (C=O) groups excluding carboxylic acids is 1. The van der Waals surface area contributed by atoms with Crippen molar-refractivity contribution in [1.82, 2.24) is 5.32 Å². The quantitative estimate of drug-likeness (QED) is 0.383. The predicted molar refractivity (Wildman–Crippen MR) is 131 cm³/mol. The fourth-order valence-electron chi connectivity index (χ4n) is 3.36. The molecule has 0 aliphatic carbocycles. The molecule has 0 radical (unpaired) electrons. The van der Waals surface area contributed by atoms with Crippen molar-refractivity contribution in [2.45, 2.75) is 6.61 Å². The molecule has 0 spiro atoms. The van der Waals surface area contributed by atoms with E-state index in [1.807, 2.05) is 84.9 Å². The summed E-state index contributed by atoms with van der Waals surface area (Å²) in [5, 5.41) is 8.25. The summed E-state index contributed by atoms with van der Waals surface area (Å²) in [6.45, 7) is 0.249. The van der Waals surface area contributed by atoms with E-state index in [9.17, 15) is 4.79 Å². The lowest BCUT2D eigenvalue weighted by Crippen LogP contribution is -2.34. The maximum absolute atomic E-state index is 12.9. The lowest BCUT2D eigenvalue weighted by molar-refractivity contribution is 0.0975. The smallest absolute Gasteiger partial charge is 0.257 e. The number of methoxy groups -OCH3 is 1. The summed E-state index contributed by atoms with van der Waals surface area (Å²) >= 11 is 5.40. The highest BCUT2D eigenvalue weighted by Gasteiger charge is 2.13. The van der Waals surface area contributed by atoms with Crippen molar-refractivity contribution in [3.8, 4) is 11.5 Å². The maximum Gasteiger partial charge on any atom is 0.257 e. The zero-order chi connectivity index (χ0) is 22.3. The Morgan fingerprint density at radius 3 is 2.34 bits per heavy atom.